The number of likely N-dealkylation sites (N-methyl/N-ethyl adjacent to an activating group) is 1. The van der Waals surface area contributed by atoms with Crippen molar-refractivity contribution >= 4 is 29.1 Å². The summed E-state index contributed by atoms with van der Waals surface area (Å²) in [7, 11) is 0. The molecular weight excluding hydrogens is 258 g/mol. The number of nitrogens with one attached hydrogen (secondary N) is 2. The van der Waals surface area contributed by atoms with Gasteiger partial charge in [-0.25, -0.2) is 0 Å². The summed E-state index contributed by atoms with van der Waals surface area (Å²) in [6.45, 7) is 2.83. The van der Waals surface area contributed by atoms with Crippen LogP contribution in [0.2, 0.25) is 0 Å². The lowest BCUT2D eigenvalue weighted by atomic mass is 10.2. The normalized spacial score (nSPS) is 14.2. The molecule has 3 amide bonds. The van der Waals surface area contributed by atoms with Crippen LogP contribution >= 0.6 is 0 Å². The molecule has 1 aromatic carbocycles. The Morgan fingerprint density at radius 2 is 2.10 bits per heavy atom. The van der Waals surface area contributed by atoms with E-state index in [1.165, 1.54) is 0 Å². The lowest BCUT2D eigenvalue weighted by Crippen LogP contribution is -2.35. The Morgan fingerprint density at radius 1 is 1.30 bits per heavy atom. The minimum Gasteiger partial charge on any atom is -0.348 e. The summed E-state index contributed by atoms with van der Waals surface area (Å²) < 4.78 is 0. The third-order valence-corrected chi connectivity index (χ3v) is 3.03. The van der Waals surface area contributed by atoms with Crippen molar-refractivity contribution in [1.29, 1.82) is 0 Å². The van der Waals surface area contributed by atoms with E-state index in [-0.39, 0.29) is 5.91 Å². The standard InChI is InChI=1S/C14H17N3O3/c1-2-15-13(19)14(20)16-10-5-3-6-11(9-10)17-8-4-7-12(17)18/h3,5-6,9H,2,4,7-8H2,1H3,(H,15,19)(H,16,20). The first-order chi connectivity index (χ1) is 9.61. The van der Waals surface area contributed by atoms with Crippen molar-refractivity contribution in [3.05, 3.63) is 24.3 Å². The molecule has 1 fully saturated rings. The molecule has 1 aliphatic rings. The molecule has 6 nitrogen and oxygen atoms in total. The Bertz CT molecular complexity index is 542. The number of nitrogens with zero attached hydrogens (tertiary/aromatic N) is 1. The van der Waals surface area contributed by atoms with Crippen molar-refractivity contribution in [3.63, 3.8) is 0 Å². The highest BCUT2D eigenvalue weighted by atomic mass is 16.2. The molecule has 2 N–H and O–H groups in total. The summed E-state index contributed by atoms with van der Waals surface area (Å²) in [6, 6.07) is 6.93. The van der Waals surface area contributed by atoms with Crippen LogP contribution in [0.5, 0.6) is 0 Å². The van der Waals surface area contributed by atoms with Crippen LogP contribution in [0.25, 0.3) is 0 Å². The van der Waals surface area contributed by atoms with E-state index in [1.807, 2.05) is 6.07 Å². The molecule has 1 saturated heterocycles. The smallest absolute Gasteiger partial charge is 0.313 e. The maximum absolute atomic E-state index is 11.7. The molecule has 2 rings (SSSR count). The van der Waals surface area contributed by atoms with E-state index < -0.39 is 11.8 Å². The summed E-state index contributed by atoms with van der Waals surface area (Å²) in [5.41, 5.74) is 1.24. The fourth-order valence-corrected chi connectivity index (χ4v) is 2.10. The van der Waals surface area contributed by atoms with Crippen LogP contribution in [0.3, 0.4) is 0 Å². The second-order valence-corrected chi connectivity index (χ2v) is 4.51. The zero-order valence-electron chi connectivity index (χ0n) is 11.3. The molecule has 0 saturated carbocycles. The van der Waals surface area contributed by atoms with Crippen LogP contribution in [-0.2, 0) is 14.4 Å². The number of hydrogen-bond donors (Lipinski definition) is 2. The number of amides is 3. The van der Waals surface area contributed by atoms with E-state index in [2.05, 4.69) is 10.6 Å². The van der Waals surface area contributed by atoms with Gasteiger partial charge in [0.1, 0.15) is 0 Å². The highest BCUT2D eigenvalue weighted by Gasteiger charge is 2.22. The molecule has 0 unspecified atom stereocenters. The number of rotatable bonds is 3. The molecule has 6 heteroatoms. The maximum atomic E-state index is 11.7. The number of benzene rings is 1. The minimum absolute atomic E-state index is 0.0807. The quantitative estimate of drug-likeness (QED) is 0.804. The summed E-state index contributed by atoms with van der Waals surface area (Å²) in [5, 5.41) is 4.94. The van der Waals surface area contributed by atoms with Crippen LogP contribution in [0.15, 0.2) is 24.3 Å². The molecule has 1 heterocycles. The van der Waals surface area contributed by atoms with Crippen molar-refractivity contribution in [3.8, 4) is 0 Å². The van der Waals surface area contributed by atoms with Crippen LogP contribution < -0.4 is 15.5 Å². The molecule has 0 radical (unpaired) electrons. The van der Waals surface area contributed by atoms with E-state index in [0.717, 1.165) is 12.1 Å². The predicted molar refractivity (Wildman–Crippen MR) is 75.3 cm³/mol. The third kappa shape index (κ3) is 3.14. The number of anilines is 2. The first kappa shape index (κ1) is 14.0. The molecule has 0 aliphatic carbocycles. The molecule has 0 bridgehead atoms. The summed E-state index contributed by atoms with van der Waals surface area (Å²) >= 11 is 0. The molecule has 20 heavy (non-hydrogen) atoms. The van der Waals surface area contributed by atoms with Gasteiger partial charge in [-0.3, -0.25) is 14.4 Å². The van der Waals surface area contributed by atoms with Gasteiger partial charge in [-0.05, 0) is 31.5 Å². The van der Waals surface area contributed by atoms with Gasteiger partial charge in [-0.1, -0.05) is 6.07 Å². The molecule has 0 spiro atoms. The van der Waals surface area contributed by atoms with Crippen molar-refractivity contribution in [1.82, 2.24) is 5.32 Å². The summed E-state index contributed by atoms with van der Waals surface area (Å²) in [4.78, 5) is 36.3. The highest BCUT2D eigenvalue weighted by Crippen LogP contribution is 2.24. The van der Waals surface area contributed by atoms with Crippen molar-refractivity contribution in [2.24, 2.45) is 0 Å². The third-order valence-electron chi connectivity index (χ3n) is 3.03. The van der Waals surface area contributed by atoms with Gasteiger partial charge in [0.25, 0.3) is 0 Å². The molecule has 0 aromatic heterocycles. The number of hydrogen-bond acceptors (Lipinski definition) is 3. The number of carbonyl (C=O) groups is 3. The van der Waals surface area contributed by atoms with Crippen molar-refractivity contribution in [2.45, 2.75) is 19.8 Å². The van der Waals surface area contributed by atoms with Crippen molar-refractivity contribution in [2.75, 3.05) is 23.3 Å². The number of carbonyl (C=O) groups excluding carboxylic acids is 3. The van der Waals surface area contributed by atoms with Crippen LogP contribution in [-0.4, -0.2) is 30.8 Å². The molecule has 106 valence electrons. The van der Waals surface area contributed by atoms with E-state index >= 15 is 0 Å². The first-order valence-electron chi connectivity index (χ1n) is 6.61. The van der Waals surface area contributed by atoms with Gasteiger partial charge >= 0.3 is 11.8 Å². The van der Waals surface area contributed by atoms with Crippen LogP contribution in [0.4, 0.5) is 11.4 Å². The van der Waals surface area contributed by atoms with E-state index in [1.54, 1.807) is 30.0 Å². The zero-order valence-corrected chi connectivity index (χ0v) is 11.3. The average Bonchev–Trinajstić information content (AvgIpc) is 2.85. The Hall–Kier alpha value is -2.37. The predicted octanol–water partition coefficient (Wildman–Crippen LogP) is 0.888. The van der Waals surface area contributed by atoms with Gasteiger partial charge in [0.2, 0.25) is 5.91 Å². The lowest BCUT2D eigenvalue weighted by Gasteiger charge is -2.16. The fourth-order valence-electron chi connectivity index (χ4n) is 2.10. The van der Waals surface area contributed by atoms with Gasteiger partial charge in [-0.2, -0.15) is 0 Å². The minimum atomic E-state index is -0.711. The second-order valence-electron chi connectivity index (χ2n) is 4.51. The summed E-state index contributed by atoms with van der Waals surface area (Å²) in [5.74, 6) is -1.30. The second kappa shape index (κ2) is 6.18. The Morgan fingerprint density at radius 3 is 2.75 bits per heavy atom. The SMILES string of the molecule is CCNC(=O)C(=O)Nc1cccc(N2CCCC2=O)c1. The van der Waals surface area contributed by atoms with Gasteiger partial charge in [0.15, 0.2) is 0 Å². The molecular formula is C14H17N3O3. The van der Waals surface area contributed by atoms with Gasteiger partial charge < -0.3 is 15.5 Å². The van der Waals surface area contributed by atoms with Crippen molar-refractivity contribution < 1.29 is 14.4 Å². The molecule has 0 atom stereocenters. The Balaban J connectivity index is 2.08. The van der Waals surface area contributed by atoms with Gasteiger partial charge in [0.05, 0.1) is 0 Å². The van der Waals surface area contributed by atoms with Crippen LogP contribution in [0, 0.1) is 0 Å². The lowest BCUT2D eigenvalue weighted by molar-refractivity contribution is -0.136. The Labute approximate surface area is 117 Å². The largest absolute Gasteiger partial charge is 0.348 e. The highest BCUT2D eigenvalue weighted by molar-refractivity contribution is 6.39. The first-order valence-corrected chi connectivity index (χ1v) is 6.61. The van der Waals surface area contributed by atoms with Gasteiger partial charge in [0, 0.05) is 30.9 Å². The van der Waals surface area contributed by atoms with E-state index in [0.29, 0.717) is 25.2 Å². The molecule has 1 aliphatic heterocycles. The summed E-state index contributed by atoms with van der Waals surface area (Å²) in [6.07, 6.45) is 1.39. The fraction of sp³-hybridized carbons (Fsp3) is 0.357. The van der Waals surface area contributed by atoms with E-state index in [9.17, 15) is 14.4 Å². The maximum Gasteiger partial charge on any atom is 0.313 e. The monoisotopic (exact) mass is 275 g/mol. The van der Waals surface area contributed by atoms with E-state index in [4.69, 9.17) is 0 Å². The Kier molecular flexibility index (Phi) is 4.34. The topological polar surface area (TPSA) is 78.5 Å². The zero-order chi connectivity index (χ0) is 14.5. The van der Waals surface area contributed by atoms with Gasteiger partial charge in [-0.15, -0.1) is 0 Å². The molecule has 1 aromatic rings. The van der Waals surface area contributed by atoms with Crippen LogP contribution in [0.1, 0.15) is 19.8 Å². The average molecular weight is 275 g/mol.